The van der Waals surface area contributed by atoms with Crippen LogP contribution in [0.25, 0.3) is 0 Å². The number of halogens is 3. The second-order valence-corrected chi connectivity index (χ2v) is 0. The summed E-state index contributed by atoms with van der Waals surface area (Å²) in [5.74, 6) is 0. The van der Waals surface area contributed by atoms with Crippen LogP contribution in [-0.4, -0.2) is 0 Å². The van der Waals surface area contributed by atoms with E-state index in [2.05, 4.69) is 0 Å². The van der Waals surface area contributed by atoms with E-state index >= 15 is 0 Å². The quantitative estimate of drug-likeness (QED) is 0.263. The van der Waals surface area contributed by atoms with Gasteiger partial charge >= 0.3 is 29.6 Å². The van der Waals surface area contributed by atoms with Crippen LogP contribution in [0, 0.1) is 0 Å². The average Bonchev–Trinajstić information content (AvgIpc) is 0. The smallest absolute Gasteiger partial charge is 1.00 e. The molecule has 0 aliphatic carbocycles. The third kappa shape index (κ3) is 9.53. The molecule has 0 N–H and O–H groups in total. The van der Waals surface area contributed by atoms with Crippen molar-refractivity contribution < 1.29 is 62.9 Å². The summed E-state index contributed by atoms with van der Waals surface area (Å²) in [6.45, 7) is 0. The van der Waals surface area contributed by atoms with Crippen LogP contribution < -0.4 is 62.9 Å². The first-order valence-corrected chi connectivity index (χ1v) is 0. The Hall–Kier alpha value is 1.59. The van der Waals surface area contributed by atoms with Gasteiger partial charge in [0.05, 0.1) is 0 Å². The molecule has 0 amide bonds. The van der Waals surface area contributed by atoms with E-state index in [1.165, 1.54) is 0 Å². The van der Waals surface area contributed by atoms with Gasteiger partial charge in [0.15, 0.2) is 0 Å². The summed E-state index contributed by atoms with van der Waals surface area (Å²) in [4.78, 5) is 0. The molecule has 0 fully saturated rings. The van der Waals surface area contributed by atoms with Crippen LogP contribution in [0.5, 0.6) is 0 Å². The van der Waals surface area contributed by atoms with E-state index in [4.69, 9.17) is 0 Å². The molecule has 0 bridgehead atoms. The van der Waals surface area contributed by atoms with Crippen LogP contribution >= 0.6 is 0 Å². The van der Waals surface area contributed by atoms with Crippen LogP contribution in [0.15, 0.2) is 0 Å². The number of hydrogen-bond donors (Lipinski definition) is 0. The predicted molar refractivity (Wildman–Crippen MR) is 2.79 cm³/mol. The van der Waals surface area contributed by atoms with Crippen molar-refractivity contribution in [2.75, 3.05) is 0 Å². The zero-order valence-electron chi connectivity index (χ0n) is 2.20. The molecule has 0 aliphatic heterocycles. The van der Waals surface area contributed by atoms with Gasteiger partial charge in [-0.2, -0.15) is 0 Å². The fraction of sp³-hybridized carbons (Fsp3) is 0. The zero-order chi connectivity index (χ0) is 0. The van der Waals surface area contributed by atoms with E-state index < -0.39 is 0 Å². The molecular formula is H2F2INa. The van der Waals surface area contributed by atoms with Crippen LogP contribution in [0.2, 0.25) is 0 Å². The summed E-state index contributed by atoms with van der Waals surface area (Å²) in [5, 5.41) is 0. The van der Waals surface area contributed by atoms with Crippen molar-refractivity contribution in [1.29, 1.82) is 0 Å². The maximum Gasteiger partial charge on any atom is 1.00 e. The molecule has 0 atom stereocenters. The Morgan fingerprint density at radius 3 is 0.750 bits per heavy atom. The molecule has 0 heterocycles. The monoisotopic (exact) mass is 190 g/mol. The van der Waals surface area contributed by atoms with Gasteiger partial charge in [-0.15, -0.1) is 0 Å². The number of hydrogen-bond acceptors (Lipinski definition) is 0. The summed E-state index contributed by atoms with van der Waals surface area (Å²) < 4.78 is 0. The Bertz CT molecular complexity index is 6.00. The molecule has 0 rings (SSSR count). The van der Waals surface area contributed by atoms with Gasteiger partial charge in [-0.1, -0.05) is 0 Å². The molecule has 4 heavy (non-hydrogen) atoms. The molecule has 24 valence electrons. The van der Waals surface area contributed by atoms with Crippen molar-refractivity contribution in [3.8, 4) is 0 Å². The Balaban J connectivity index is 0. The van der Waals surface area contributed by atoms with Gasteiger partial charge in [0.2, 0.25) is 24.0 Å². The van der Waals surface area contributed by atoms with Crippen molar-refractivity contribution >= 4 is 0 Å². The Labute approximate surface area is 62.4 Å². The molecule has 4 heteroatoms. The molecule has 0 aliphatic rings. The average molecular weight is 190 g/mol. The fourth-order valence-electron chi connectivity index (χ4n) is 0. The third-order valence-corrected chi connectivity index (χ3v) is 0. The SMILES string of the molecule is [F-].[F-].[IH2+].[Na+]. The summed E-state index contributed by atoms with van der Waals surface area (Å²) in [6, 6.07) is 0. The van der Waals surface area contributed by atoms with Gasteiger partial charge < -0.3 is 9.41 Å². The van der Waals surface area contributed by atoms with E-state index in [9.17, 15) is 0 Å². The second kappa shape index (κ2) is 23.4. The van der Waals surface area contributed by atoms with E-state index in [1.54, 1.807) is 0 Å². The Kier molecular flexibility index (Phi) is 273. The summed E-state index contributed by atoms with van der Waals surface area (Å²) >= 11 is 0. The van der Waals surface area contributed by atoms with Crippen molar-refractivity contribution in [3.63, 3.8) is 0 Å². The molecule has 0 spiro atoms. The molecule has 0 aromatic carbocycles. The normalized spacial score (nSPS) is 0. The molecule has 0 saturated heterocycles. The minimum absolute atomic E-state index is 0. The molecule has 0 radical (unpaired) electrons. The third-order valence-electron chi connectivity index (χ3n) is 0. The first-order chi connectivity index (χ1) is 0. The van der Waals surface area contributed by atoms with E-state index in [1.807, 2.05) is 0 Å². The largest absolute Gasteiger partial charge is 1.00 e. The van der Waals surface area contributed by atoms with Crippen molar-refractivity contribution in [2.24, 2.45) is 0 Å². The Morgan fingerprint density at radius 2 is 0.750 bits per heavy atom. The van der Waals surface area contributed by atoms with Gasteiger partial charge in [-0.05, 0) is 0 Å². The van der Waals surface area contributed by atoms with Crippen LogP contribution in [0.4, 0.5) is 0 Å². The summed E-state index contributed by atoms with van der Waals surface area (Å²) in [6.07, 6.45) is 0. The molecule has 0 nitrogen and oxygen atoms in total. The van der Waals surface area contributed by atoms with Gasteiger partial charge in [-0.3, -0.25) is 0 Å². The Morgan fingerprint density at radius 1 is 0.750 bits per heavy atom. The number of rotatable bonds is 0. The summed E-state index contributed by atoms with van der Waals surface area (Å²) in [5.41, 5.74) is 0. The second-order valence-electron chi connectivity index (χ2n) is 0. The van der Waals surface area contributed by atoms with E-state index in [-0.39, 0.29) is 62.9 Å². The van der Waals surface area contributed by atoms with Crippen molar-refractivity contribution in [1.82, 2.24) is 0 Å². The summed E-state index contributed by atoms with van der Waals surface area (Å²) in [7, 11) is 0. The van der Waals surface area contributed by atoms with Crippen molar-refractivity contribution in [3.05, 3.63) is 0 Å². The van der Waals surface area contributed by atoms with Crippen LogP contribution in [-0.2, 0) is 0 Å². The van der Waals surface area contributed by atoms with Gasteiger partial charge in [0.1, 0.15) is 0 Å². The predicted octanol–water partition coefficient (Wildman–Crippen LogP) is -12.5. The molecule has 0 aromatic heterocycles. The zero-order valence-corrected chi connectivity index (χ0v) is 6.76. The maximum atomic E-state index is 0. The minimum Gasteiger partial charge on any atom is -1.00 e. The molecular weight excluding hydrogens is 188 g/mol. The van der Waals surface area contributed by atoms with Gasteiger partial charge in [0.25, 0.3) is 0 Å². The standard InChI is InChI=1S/2FH.H2I.Na/h2*1H;1H2;/q;;2*+1/p-2. The molecule has 0 saturated carbocycles. The first kappa shape index (κ1) is 46.6. The van der Waals surface area contributed by atoms with Crippen LogP contribution in [0.1, 0.15) is 0 Å². The van der Waals surface area contributed by atoms with Gasteiger partial charge in [-0.25, -0.2) is 0 Å². The first-order valence-electron chi connectivity index (χ1n) is 0. The van der Waals surface area contributed by atoms with Crippen LogP contribution in [0.3, 0.4) is 0 Å². The van der Waals surface area contributed by atoms with E-state index in [0.29, 0.717) is 0 Å². The van der Waals surface area contributed by atoms with Crippen molar-refractivity contribution in [2.45, 2.75) is 0 Å². The maximum absolute atomic E-state index is 0. The van der Waals surface area contributed by atoms with E-state index in [0.717, 1.165) is 0 Å². The molecule has 0 aromatic rings. The van der Waals surface area contributed by atoms with Gasteiger partial charge in [0, 0.05) is 0 Å². The fourth-order valence-corrected chi connectivity index (χ4v) is 0. The topological polar surface area (TPSA) is 0 Å². The molecule has 0 unspecified atom stereocenters. The minimum atomic E-state index is 0.